The number of hydrogen-bond acceptors (Lipinski definition) is 2. The molecule has 2 nitrogen and oxygen atoms in total. The van der Waals surface area contributed by atoms with Crippen LogP contribution >= 0.6 is 0 Å². The number of rotatable bonds is 4. The van der Waals surface area contributed by atoms with Crippen molar-refractivity contribution in [1.29, 1.82) is 0 Å². The molecule has 1 fully saturated rings. The Morgan fingerprint density at radius 1 is 1.19 bits per heavy atom. The highest BCUT2D eigenvalue weighted by Crippen LogP contribution is 2.33. The summed E-state index contributed by atoms with van der Waals surface area (Å²) in [5, 5.41) is 3.43. The minimum atomic E-state index is 0.349. The number of benzene rings is 1. The van der Waals surface area contributed by atoms with Crippen LogP contribution in [0.3, 0.4) is 0 Å². The highest BCUT2D eigenvalue weighted by atomic mass is 16.5. The van der Waals surface area contributed by atoms with E-state index in [0.29, 0.717) is 5.41 Å². The zero-order valence-electron chi connectivity index (χ0n) is 10.0. The average molecular weight is 219 g/mol. The highest BCUT2D eigenvalue weighted by molar-refractivity contribution is 5.17. The number of hydrogen-bond donors (Lipinski definition) is 1. The van der Waals surface area contributed by atoms with Gasteiger partial charge in [0.1, 0.15) is 0 Å². The van der Waals surface area contributed by atoms with E-state index in [1.54, 1.807) is 0 Å². The van der Waals surface area contributed by atoms with Crippen LogP contribution in [0.25, 0.3) is 0 Å². The summed E-state index contributed by atoms with van der Waals surface area (Å²) in [5.74, 6) is 0. The summed E-state index contributed by atoms with van der Waals surface area (Å²) in [5.41, 5.74) is 1.78. The van der Waals surface area contributed by atoms with Gasteiger partial charge in [-0.2, -0.15) is 0 Å². The van der Waals surface area contributed by atoms with Gasteiger partial charge in [0.05, 0.1) is 6.61 Å². The Morgan fingerprint density at radius 3 is 2.50 bits per heavy atom. The molecule has 1 aromatic rings. The van der Waals surface area contributed by atoms with Crippen molar-refractivity contribution in [1.82, 2.24) is 5.32 Å². The van der Waals surface area contributed by atoms with Crippen LogP contribution in [-0.2, 0) is 11.2 Å². The smallest absolute Gasteiger partial charge is 0.0522 e. The van der Waals surface area contributed by atoms with E-state index >= 15 is 0 Å². The summed E-state index contributed by atoms with van der Waals surface area (Å²) in [6, 6.07) is 10.8. The molecule has 2 rings (SSSR count). The summed E-state index contributed by atoms with van der Waals surface area (Å²) < 4.78 is 5.43. The summed E-state index contributed by atoms with van der Waals surface area (Å²) in [6.45, 7) is 3.12. The second kappa shape index (κ2) is 5.46. The molecule has 1 heterocycles. The molecule has 16 heavy (non-hydrogen) atoms. The molecule has 1 saturated heterocycles. The van der Waals surface area contributed by atoms with Gasteiger partial charge in [-0.15, -0.1) is 0 Å². The van der Waals surface area contributed by atoms with Crippen LogP contribution in [0.5, 0.6) is 0 Å². The van der Waals surface area contributed by atoms with Crippen LogP contribution < -0.4 is 5.32 Å². The SMILES string of the molecule is COCC1(Cc2ccccc2)CCNCC1. The molecule has 0 aliphatic carbocycles. The van der Waals surface area contributed by atoms with E-state index in [0.717, 1.165) is 26.1 Å². The first-order valence-corrected chi connectivity index (χ1v) is 6.08. The number of ether oxygens (including phenoxy) is 1. The average Bonchev–Trinajstić information content (AvgIpc) is 2.31. The van der Waals surface area contributed by atoms with Gasteiger partial charge in [-0.3, -0.25) is 0 Å². The summed E-state index contributed by atoms with van der Waals surface area (Å²) in [7, 11) is 1.81. The quantitative estimate of drug-likeness (QED) is 0.838. The molecule has 0 atom stereocenters. The van der Waals surface area contributed by atoms with Gasteiger partial charge in [0.2, 0.25) is 0 Å². The second-order valence-electron chi connectivity index (χ2n) is 4.85. The molecule has 0 aromatic heterocycles. The van der Waals surface area contributed by atoms with Crippen molar-refractivity contribution in [3.63, 3.8) is 0 Å². The maximum absolute atomic E-state index is 5.43. The van der Waals surface area contributed by atoms with E-state index in [1.165, 1.54) is 18.4 Å². The fourth-order valence-corrected chi connectivity index (χ4v) is 2.66. The van der Waals surface area contributed by atoms with Crippen molar-refractivity contribution >= 4 is 0 Å². The van der Waals surface area contributed by atoms with Gasteiger partial charge < -0.3 is 10.1 Å². The van der Waals surface area contributed by atoms with Gasteiger partial charge in [0, 0.05) is 12.5 Å². The molecular formula is C14H21NO. The fraction of sp³-hybridized carbons (Fsp3) is 0.571. The lowest BCUT2D eigenvalue weighted by molar-refractivity contribution is 0.0540. The third kappa shape index (κ3) is 2.83. The van der Waals surface area contributed by atoms with Crippen molar-refractivity contribution in [3.05, 3.63) is 35.9 Å². The predicted molar refractivity (Wildman–Crippen MR) is 66.6 cm³/mol. The number of methoxy groups -OCH3 is 1. The Balaban J connectivity index is 2.07. The Hall–Kier alpha value is -0.860. The zero-order valence-corrected chi connectivity index (χ0v) is 10.0. The Labute approximate surface area is 98.0 Å². The first-order chi connectivity index (χ1) is 7.85. The van der Waals surface area contributed by atoms with Gasteiger partial charge in [0.15, 0.2) is 0 Å². The maximum atomic E-state index is 5.43. The van der Waals surface area contributed by atoms with Crippen LogP contribution in [0.15, 0.2) is 30.3 Å². The molecule has 1 aliphatic heterocycles. The molecule has 1 aromatic carbocycles. The van der Waals surface area contributed by atoms with Crippen molar-refractivity contribution in [2.75, 3.05) is 26.8 Å². The Bertz CT molecular complexity index is 298. The third-order valence-electron chi connectivity index (χ3n) is 3.54. The summed E-state index contributed by atoms with van der Waals surface area (Å²) >= 11 is 0. The molecule has 1 N–H and O–H groups in total. The summed E-state index contributed by atoms with van der Waals surface area (Å²) in [6.07, 6.45) is 3.58. The molecule has 0 bridgehead atoms. The highest BCUT2D eigenvalue weighted by Gasteiger charge is 2.31. The molecule has 88 valence electrons. The molecule has 1 aliphatic rings. The van der Waals surface area contributed by atoms with E-state index in [2.05, 4.69) is 35.6 Å². The standard InChI is InChI=1S/C14H21NO/c1-16-12-14(7-9-15-10-8-14)11-13-5-3-2-4-6-13/h2-6,15H,7-12H2,1H3. The largest absolute Gasteiger partial charge is 0.384 e. The Morgan fingerprint density at radius 2 is 1.88 bits per heavy atom. The van der Waals surface area contributed by atoms with E-state index in [1.807, 2.05) is 7.11 Å². The van der Waals surface area contributed by atoms with E-state index in [-0.39, 0.29) is 0 Å². The monoisotopic (exact) mass is 219 g/mol. The van der Waals surface area contributed by atoms with Gasteiger partial charge in [-0.25, -0.2) is 0 Å². The van der Waals surface area contributed by atoms with E-state index in [9.17, 15) is 0 Å². The third-order valence-corrected chi connectivity index (χ3v) is 3.54. The molecule has 0 unspecified atom stereocenters. The van der Waals surface area contributed by atoms with Crippen LogP contribution in [0.1, 0.15) is 18.4 Å². The first kappa shape index (κ1) is 11.6. The lowest BCUT2D eigenvalue weighted by atomic mass is 9.75. The number of nitrogens with one attached hydrogen (secondary N) is 1. The lowest BCUT2D eigenvalue weighted by Gasteiger charge is -2.37. The first-order valence-electron chi connectivity index (χ1n) is 6.08. The van der Waals surface area contributed by atoms with Gasteiger partial charge in [0.25, 0.3) is 0 Å². The van der Waals surface area contributed by atoms with Crippen molar-refractivity contribution in [2.24, 2.45) is 5.41 Å². The lowest BCUT2D eigenvalue weighted by Crippen LogP contribution is -2.41. The van der Waals surface area contributed by atoms with Crippen LogP contribution in [0, 0.1) is 5.41 Å². The molecule has 0 spiro atoms. The van der Waals surface area contributed by atoms with Crippen LogP contribution in [0.2, 0.25) is 0 Å². The molecule has 0 saturated carbocycles. The predicted octanol–water partition coefficient (Wildman–Crippen LogP) is 2.25. The molecular weight excluding hydrogens is 198 g/mol. The van der Waals surface area contributed by atoms with Gasteiger partial charge >= 0.3 is 0 Å². The van der Waals surface area contributed by atoms with E-state index in [4.69, 9.17) is 4.74 Å². The zero-order chi connectivity index (χ0) is 11.3. The van der Waals surface area contributed by atoms with Crippen molar-refractivity contribution in [2.45, 2.75) is 19.3 Å². The maximum Gasteiger partial charge on any atom is 0.0522 e. The van der Waals surface area contributed by atoms with E-state index < -0.39 is 0 Å². The van der Waals surface area contributed by atoms with Crippen LogP contribution in [0.4, 0.5) is 0 Å². The second-order valence-corrected chi connectivity index (χ2v) is 4.85. The minimum Gasteiger partial charge on any atom is -0.384 e. The fourth-order valence-electron chi connectivity index (χ4n) is 2.66. The molecule has 0 radical (unpaired) electrons. The normalized spacial score (nSPS) is 19.6. The van der Waals surface area contributed by atoms with Gasteiger partial charge in [-0.05, 0) is 37.9 Å². The minimum absolute atomic E-state index is 0.349. The topological polar surface area (TPSA) is 21.3 Å². The van der Waals surface area contributed by atoms with Crippen molar-refractivity contribution < 1.29 is 4.74 Å². The number of piperidine rings is 1. The summed E-state index contributed by atoms with van der Waals surface area (Å²) in [4.78, 5) is 0. The van der Waals surface area contributed by atoms with Crippen LogP contribution in [-0.4, -0.2) is 26.8 Å². The Kier molecular flexibility index (Phi) is 3.97. The van der Waals surface area contributed by atoms with Crippen molar-refractivity contribution in [3.8, 4) is 0 Å². The molecule has 0 amide bonds. The molecule has 2 heteroatoms. The van der Waals surface area contributed by atoms with Gasteiger partial charge in [-0.1, -0.05) is 30.3 Å².